The maximum Gasteiger partial charge on any atom is 0.260 e. The van der Waals surface area contributed by atoms with Crippen molar-refractivity contribution in [3.63, 3.8) is 0 Å². The van der Waals surface area contributed by atoms with Crippen LogP contribution in [0, 0.1) is 0 Å². The molecule has 0 aliphatic heterocycles. The van der Waals surface area contributed by atoms with Crippen molar-refractivity contribution in [2.24, 2.45) is 0 Å². The predicted octanol–water partition coefficient (Wildman–Crippen LogP) is 1.76. The molecule has 0 atom stereocenters. The molecule has 0 fully saturated rings. The van der Waals surface area contributed by atoms with Crippen LogP contribution in [0.4, 0.5) is 5.82 Å². The number of aromatic nitrogens is 3. The fourth-order valence-corrected chi connectivity index (χ4v) is 4.45. The summed E-state index contributed by atoms with van der Waals surface area (Å²) in [5.74, 6) is 0.370. The van der Waals surface area contributed by atoms with E-state index in [0.29, 0.717) is 23.0 Å². The molecule has 0 unspecified atom stereocenters. The minimum atomic E-state index is -3.68. The molecule has 0 amide bonds. The van der Waals surface area contributed by atoms with E-state index in [1.165, 1.54) is 22.7 Å². The standard InChI is InChI=1S/C11H13N5O2S3/c1-2-12-9-10(16-3-4-20-11(16)15-9)21(17,18)14-5-8-6-19-7-13-8/h3-4,6-7,12,14H,2,5H2,1H3. The van der Waals surface area contributed by atoms with Crippen molar-refractivity contribution in [1.82, 2.24) is 19.1 Å². The van der Waals surface area contributed by atoms with Crippen molar-refractivity contribution in [2.45, 2.75) is 18.5 Å². The summed E-state index contributed by atoms with van der Waals surface area (Å²) >= 11 is 2.82. The van der Waals surface area contributed by atoms with Crippen LogP contribution in [0.25, 0.3) is 4.96 Å². The first-order chi connectivity index (χ1) is 10.1. The summed E-state index contributed by atoms with van der Waals surface area (Å²) in [6, 6.07) is 0. The number of hydrogen-bond donors (Lipinski definition) is 2. The van der Waals surface area contributed by atoms with Gasteiger partial charge in [0.2, 0.25) is 0 Å². The van der Waals surface area contributed by atoms with E-state index in [1.807, 2.05) is 12.3 Å². The van der Waals surface area contributed by atoms with Gasteiger partial charge in [-0.25, -0.2) is 23.1 Å². The number of hydrogen-bond acceptors (Lipinski definition) is 7. The highest BCUT2D eigenvalue weighted by Gasteiger charge is 2.25. The molecule has 0 aliphatic rings. The van der Waals surface area contributed by atoms with Gasteiger partial charge in [-0.15, -0.1) is 22.7 Å². The van der Waals surface area contributed by atoms with E-state index < -0.39 is 10.0 Å². The first-order valence-corrected chi connectivity index (χ1v) is 9.48. The van der Waals surface area contributed by atoms with Crippen LogP contribution < -0.4 is 10.0 Å². The maximum atomic E-state index is 12.6. The molecular weight excluding hydrogens is 330 g/mol. The molecule has 3 aromatic heterocycles. The Hall–Kier alpha value is -1.49. The van der Waals surface area contributed by atoms with Crippen LogP contribution in [0.3, 0.4) is 0 Å². The van der Waals surface area contributed by atoms with Gasteiger partial charge in [-0.1, -0.05) is 0 Å². The Bertz CT molecular complexity index is 835. The highest BCUT2D eigenvalue weighted by molar-refractivity contribution is 7.89. The Balaban J connectivity index is 1.96. The van der Waals surface area contributed by atoms with Gasteiger partial charge >= 0.3 is 0 Å². The first kappa shape index (κ1) is 14.4. The summed E-state index contributed by atoms with van der Waals surface area (Å²) < 4.78 is 29.3. The lowest BCUT2D eigenvalue weighted by atomic mass is 10.5. The summed E-state index contributed by atoms with van der Waals surface area (Å²) in [6.07, 6.45) is 1.70. The summed E-state index contributed by atoms with van der Waals surface area (Å²) in [5.41, 5.74) is 2.36. The predicted molar refractivity (Wildman–Crippen MR) is 83.4 cm³/mol. The zero-order valence-corrected chi connectivity index (χ0v) is 13.6. The van der Waals surface area contributed by atoms with Crippen molar-refractivity contribution in [1.29, 1.82) is 0 Å². The molecule has 0 bridgehead atoms. The topological polar surface area (TPSA) is 88.4 Å². The Morgan fingerprint density at radius 3 is 3.00 bits per heavy atom. The average molecular weight is 343 g/mol. The van der Waals surface area contributed by atoms with Crippen molar-refractivity contribution in [2.75, 3.05) is 11.9 Å². The molecule has 0 saturated heterocycles. The van der Waals surface area contributed by atoms with E-state index in [4.69, 9.17) is 0 Å². The second-order valence-corrected chi connectivity index (χ2v) is 7.43. The highest BCUT2D eigenvalue weighted by atomic mass is 32.2. The SMILES string of the molecule is CCNc1nc2sccn2c1S(=O)(=O)NCc1cscn1. The Labute approximate surface area is 129 Å². The smallest absolute Gasteiger partial charge is 0.260 e. The van der Waals surface area contributed by atoms with Gasteiger partial charge in [0.25, 0.3) is 10.0 Å². The van der Waals surface area contributed by atoms with E-state index in [0.717, 1.165) is 0 Å². The zero-order chi connectivity index (χ0) is 14.9. The number of rotatable bonds is 6. The van der Waals surface area contributed by atoms with E-state index in [1.54, 1.807) is 21.5 Å². The van der Waals surface area contributed by atoms with E-state index in [9.17, 15) is 8.42 Å². The average Bonchev–Trinajstić information content (AvgIpc) is 3.12. The molecule has 3 aromatic rings. The number of nitrogens with one attached hydrogen (secondary N) is 2. The summed E-state index contributed by atoms with van der Waals surface area (Å²) in [4.78, 5) is 9.02. The Kier molecular flexibility index (Phi) is 3.93. The van der Waals surface area contributed by atoms with Crippen molar-refractivity contribution in [3.05, 3.63) is 28.2 Å². The van der Waals surface area contributed by atoms with Crippen LogP contribution in [-0.4, -0.2) is 29.3 Å². The third kappa shape index (κ3) is 2.79. The molecule has 0 saturated carbocycles. The molecule has 10 heteroatoms. The summed E-state index contributed by atoms with van der Waals surface area (Å²) in [7, 11) is -3.68. The zero-order valence-electron chi connectivity index (χ0n) is 11.1. The second kappa shape index (κ2) is 5.72. The molecule has 112 valence electrons. The van der Waals surface area contributed by atoms with Gasteiger partial charge in [-0.2, -0.15) is 0 Å². The van der Waals surface area contributed by atoms with Crippen molar-refractivity contribution in [3.8, 4) is 0 Å². The second-order valence-electron chi connectivity index (χ2n) is 4.16. The van der Waals surface area contributed by atoms with E-state index >= 15 is 0 Å². The van der Waals surface area contributed by atoms with Gasteiger partial charge in [0, 0.05) is 23.5 Å². The fourth-order valence-electron chi connectivity index (χ4n) is 1.87. The van der Waals surface area contributed by atoms with Gasteiger partial charge in [-0.3, -0.25) is 4.40 Å². The molecular formula is C11H13N5O2S3. The molecule has 0 aliphatic carbocycles. The van der Waals surface area contributed by atoms with E-state index in [-0.39, 0.29) is 11.6 Å². The number of sulfonamides is 1. The van der Waals surface area contributed by atoms with Crippen LogP contribution in [0.15, 0.2) is 27.5 Å². The normalized spacial score (nSPS) is 12.0. The molecule has 0 aromatic carbocycles. The van der Waals surface area contributed by atoms with Crippen molar-refractivity contribution >= 4 is 43.5 Å². The van der Waals surface area contributed by atoms with E-state index in [2.05, 4.69) is 20.0 Å². The fraction of sp³-hybridized carbons (Fsp3) is 0.273. The Morgan fingerprint density at radius 1 is 1.43 bits per heavy atom. The maximum absolute atomic E-state index is 12.6. The summed E-state index contributed by atoms with van der Waals surface area (Å²) in [6.45, 7) is 2.65. The third-order valence-electron chi connectivity index (χ3n) is 2.74. The van der Waals surface area contributed by atoms with Gasteiger partial charge in [0.05, 0.1) is 17.7 Å². The van der Waals surface area contributed by atoms with Gasteiger partial charge in [0.1, 0.15) is 0 Å². The molecule has 7 nitrogen and oxygen atoms in total. The van der Waals surface area contributed by atoms with Crippen LogP contribution in [0.2, 0.25) is 0 Å². The van der Waals surface area contributed by atoms with Crippen LogP contribution >= 0.6 is 22.7 Å². The van der Waals surface area contributed by atoms with Crippen LogP contribution in [0.5, 0.6) is 0 Å². The summed E-state index contributed by atoms with van der Waals surface area (Å²) in [5, 5.41) is 6.74. The molecule has 2 N–H and O–H groups in total. The van der Waals surface area contributed by atoms with Crippen LogP contribution in [0.1, 0.15) is 12.6 Å². The number of thiazole rings is 2. The van der Waals surface area contributed by atoms with Crippen molar-refractivity contribution < 1.29 is 8.42 Å². The molecule has 0 spiro atoms. The minimum Gasteiger partial charge on any atom is -0.368 e. The highest BCUT2D eigenvalue weighted by Crippen LogP contribution is 2.25. The number of nitrogens with zero attached hydrogens (tertiary/aromatic N) is 3. The molecule has 3 rings (SSSR count). The molecule has 3 heterocycles. The quantitative estimate of drug-likeness (QED) is 0.712. The lowest BCUT2D eigenvalue weighted by Crippen LogP contribution is -2.25. The number of anilines is 1. The van der Waals surface area contributed by atoms with Gasteiger partial charge < -0.3 is 5.32 Å². The number of fused-ring (bicyclic) bond motifs is 1. The third-order valence-corrected chi connectivity index (χ3v) is 5.56. The molecule has 21 heavy (non-hydrogen) atoms. The lowest BCUT2D eigenvalue weighted by molar-refractivity contribution is 0.576. The largest absolute Gasteiger partial charge is 0.368 e. The van der Waals surface area contributed by atoms with Gasteiger partial charge in [0.15, 0.2) is 15.8 Å². The van der Waals surface area contributed by atoms with Crippen LogP contribution in [-0.2, 0) is 16.6 Å². The Morgan fingerprint density at radius 2 is 2.29 bits per heavy atom. The monoisotopic (exact) mass is 343 g/mol. The van der Waals surface area contributed by atoms with Gasteiger partial charge in [-0.05, 0) is 6.92 Å². The molecule has 0 radical (unpaired) electrons. The lowest BCUT2D eigenvalue weighted by Gasteiger charge is -2.07. The minimum absolute atomic E-state index is 0.135. The number of imidazole rings is 1. The first-order valence-electron chi connectivity index (χ1n) is 6.18.